The Morgan fingerprint density at radius 3 is 2.46 bits per heavy atom. The SMILES string of the molecule is C/C(=C\CN)NC(=O)OC(C)(C)C. The third kappa shape index (κ3) is 7.33. The summed E-state index contributed by atoms with van der Waals surface area (Å²) in [6, 6.07) is 0. The summed E-state index contributed by atoms with van der Waals surface area (Å²) in [4.78, 5) is 11.1. The molecule has 0 unspecified atom stereocenters. The molecule has 0 aromatic heterocycles. The number of nitrogens with two attached hydrogens (primary N) is 1. The van der Waals surface area contributed by atoms with Gasteiger partial charge in [0.2, 0.25) is 0 Å². The molecule has 0 heterocycles. The Kier molecular flexibility index (Phi) is 4.48. The Bertz CT molecular complexity index is 204. The van der Waals surface area contributed by atoms with Crippen molar-refractivity contribution in [3.8, 4) is 0 Å². The van der Waals surface area contributed by atoms with E-state index in [2.05, 4.69) is 5.32 Å². The van der Waals surface area contributed by atoms with Crippen molar-refractivity contribution in [1.82, 2.24) is 5.32 Å². The Morgan fingerprint density at radius 2 is 2.08 bits per heavy atom. The van der Waals surface area contributed by atoms with E-state index in [-0.39, 0.29) is 0 Å². The third-order valence-electron chi connectivity index (χ3n) is 1.12. The van der Waals surface area contributed by atoms with E-state index in [9.17, 15) is 4.79 Å². The molecule has 0 aliphatic heterocycles. The van der Waals surface area contributed by atoms with Crippen molar-refractivity contribution in [3.05, 3.63) is 11.8 Å². The van der Waals surface area contributed by atoms with Crippen LogP contribution >= 0.6 is 0 Å². The second-order valence-electron chi connectivity index (χ2n) is 3.75. The summed E-state index contributed by atoms with van der Waals surface area (Å²) >= 11 is 0. The predicted octanol–water partition coefficient (Wildman–Crippen LogP) is 1.37. The highest BCUT2D eigenvalue weighted by Crippen LogP contribution is 2.06. The van der Waals surface area contributed by atoms with E-state index in [1.807, 2.05) is 20.8 Å². The van der Waals surface area contributed by atoms with Crippen LogP contribution in [-0.4, -0.2) is 18.2 Å². The smallest absolute Gasteiger partial charge is 0.411 e. The standard InChI is InChI=1S/C9H18N2O2/c1-7(5-6-10)11-8(12)13-9(2,3)4/h5H,6,10H2,1-4H3,(H,11,12)/b7-5+. The number of hydrogen-bond acceptors (Lipinski definition) is 3. The maximum atomic E-state index is 11.1. The minimum Gasteiger partial charge on any atom is -0.444 e. The molecule has 0 saturated carbocycles. The third-order valence-corrected chi connectivity index (χ3v) is 1.12. The number of nitrogens with one attached hydrogen (secondary N) is 1. The van der Waals surface area contributed by atoms with Gasteiger partial charge in [-0.15, -0.1) is 0 Å². The van der Waals surface area contributed by atoms with E-state index >= 15 is 0 Å². The van der Waals surface area contributed by atoms with Crippen LogP contribution in [0.15, 0.2) is 11.8 Å². The van der Waals surface area contributed by atoms with Crippen molar-refractivity contribution in [1.29, 1.82) is 0 Å². The van der Waals surface area contributed by atoms with Gasteiger partial charge in [-0.3, -0.25) is 5.32 Å². The number of rotatable bonds is 2. The number of amides is 1. The first-order valence-electron chi connectivity index (χ1n) is 4.22. The Balaban J connectivity index is 3.96. The highest BCUT2D eigenvalue weighted by Gasteiger charge is 2.15. The molecule has 0 aromatic rings. The molecule has 0 rings (SSSR count). The van der Waals surface area contributed by atoms with E-state index in [1.165, 1.54) is 0 Å². The van der Waals surface area contributed by atoms with Crippen molar-refractivity contribution in [2.24, 2.45) is 5.73 Å². The van der Waals surface area contributed by atoms with Crippen LogP contribution in [0.4, 0.5) is 4.79 Å². The molecule has 0 aliphatic rings. The average Bonchev–Trinajstić information content (AvgIpc) is 1.81. The second-order valence-corrected chi connectivity index (χ2v) is 3.75. The van der Waals surface area contributed by atoms with E-state index in [4.69, 9.17) is 10.5 Å². The van der Waals surface area contributed by atoms with E-state index in [1.54, 1.807) is 13.0 Å². The second kappa shape index (κ2) is 4.87. The predicted molar refractivity (Wildman–Crippen MR) is 52.2 cm³/mol. The summed E-state index contributed by atoms with van der Waals surface area (Å²) < 4.78 is 5.02. The highest BCUT2D eigenvalue weighted by atomic mass is 16.6. The number of alkyl carbamates (subject to hydrolysis) is 1. The number of allylic oxidation sites excluding steroid dienone is 1. The Labute approximate surface area is 79.1 Å². The normalized spacial score (nSPS) is 12.5. The van der Waals surface area contributed by atoms with Crippen molar-refractivity contribution >= 4 is 6.09 Å². The Morgan fingerprint density at radius 1 is 1.54 bits per heavy atom. The van der Waals surface area contributed by atoms with Gasteiger partial charge in [0, 0.05) is 12.2 Å². The first-order chi connectivity index (χ1) is 5.85. The van der Waals surface area contributed by atoms with Crippen LogP contribution in [0.25, 0.3) is 0 Å². The first-order valence-corrected chi connectivity index (χ1v) is 4.22. The molecule has 4 heteroatoms. The fraction of sp³-hybridized carbons (Fsp3) is 0.667. The summed E-state index contributed by atoms with van der Waals surface area (Å²) in [7, 11) is 0. The van der Waals surface area contributed by atoms with Gasteiger partial charge in [0.15, 0.2) is 0 Å². The van der Waals surface area contributed by atoms with Gasteiger partial charge in [0.05, 0.1) is 0 Å². The maximum Gasteiger partial charge on any atom is 0.411 e. The number of carbonyl (C=O) groups excluding carboxylic acids is 1. The lowest BCUT2D eigenvalue weighted by atomic mass is 10.2. The molecule has 0 aliphatic carbocycles. The van der Waals surface area contributed by atoms with Gasteiger partial charge in [-0.1, -0.05) is 6.08 Å². The molecule has 0 atom stereocenters. The van der Waals surface area contributed by atoms with E-state index < -0.39 is 11.7 Å². The first kappa shape index (κ1) is 12.0. The molecule has 3 N–H and O–H groups in total. The van der Waals surface area contributed by atoms with Gasteiger partial charge in [-0.2, -0.15) is 0 Å². The van der Waals surface area contributed by atoms with Crippen LogP contribution in [0.1, 0.15) is 27.7 Å². The van der Waals surface area contributed by atoms with Crippen LogP contribution in [0.2, 0.25) is 0 Å². The summed E-state index contributed by atoms with van der Waals surface area (Å²) in [6.07, 6.45) is 1.26. The van der Waals surface area contributed by atoms with Crippen LogP contribution in [-0.2, 0) is 4.74 Å². The fourth-order valence-electron chi connectivity index (χ4n) is 0.692. The van der Waals surface area contributed by atoms with Crippen LogP contribution in [0.5, 0.6) is 0 Å². The minimum atomic E-state index is -0.465. The topological polar surface area (TPSA) is 64.3 Å². The molecule has 0 radical (unpaired) electrons. The largest absolute Gasteiger partial charge is 0.444 e. The van der Waals surface area contributed by atoms with Gasteiger partial charge in [-0.05, 0) is 27.7 Å². The van der Waals surface area contributed by atoms with Gasteiger partial charge in [0.25, 0.3) is 0 Å². The quantitative estimate of drug-likeness (QED) is 0.684. The molecule has 13 heavy (non-hydrogen) atoms. The average molecular weight is 186 g/mol. The molecule has 0 bridgehead atoms. The van der Waals surface area contributed by atoms with Gasteiger partial charge in [-0.25, -0.2) is 4.79 Å². The summed E-state index contributed by atoms with van der Waals surface area (Å²) in [5.41, 5.74) is 5.50. The minimum absolute atomic E-state index is 0.404. The molecular weight excluding hydrogens is 168 g/mol. The van der Waals surface area contributed by atoms with E-state index in [0.717, 1.165) is 0 Å². The van der Waals surface area contributed by atoms with Gasteiger partial charge >= 0.3 is 6.09 Å². The van der Waals surface area contributed by atoms with Gasteiger partial charge < -0.3 is 10.5 Å². The number of ether oxygens (including phenoxy) is 1. The molecule has 0 aromatic carbocycles. The van der Waals surface area contributed by atoms with Gasteiger partial charge in [0.1, 0.15) is 5.60 Å². The summed E-state index contributed by atoms with van der Waals surface area (Å²) in [6.45, 7) is 7.61. The molecular formula is C9H18N2O2. The molecule has 0 fully saturated rings. The number of carbonyl (C=O) groups is 1. The zero-order chi connectivity index (χ0) is 10.5. The Hall–Kier alpha value is -1.03. The highest BCUT2D eigenvalue weighted by molar-refractivity contribution is 5.69. The van der Waals surface area contributed by atoms with E-state index in [0.29, 0.717) is 12.2 Å². The van der Waals surface area contributed by atoms with Crippen LogP contribution in [0.3, 0.4) is 0 Å². The zero-order valence-electron chi connectivity index (χ0n) is 8.68. The van der Waals surface area contributed by atoms with Crippen LogP contribution in [0, 0.1) is 0 Å². The van der Waals surface area contributed by atoms with Crippen molar-refractivity contribution in [2.75, 3.05) is 6.54 Å². The maximum absolute atomic E-state index is 11.1. The van der Waals surface area contributed by atoms with Crippen molar-refractivity contribution in [3.63, 3.8) is 0 Å². The lowest BCUT2D eigenvalue weighted by molar-refractivity contribution is 0.0546. The molecule has 1 amide bonds. The molecule has 4 nitrogen and oxygen atoms in total. The zero-order valence-corrected chi connectivity index (χ0v) is 8.68. The lowest BCUT2D eigenvalue weighted by Gasteiger charge is -2.19. The lowest BCUT2D eigenvalue weighted by Crippen LogP contribution is -2.31. The monoisotopic (exact) mass is 186 g/mol. The van der Waals surface area contributed by atoms with Crippen molar-refractivity contribution in [2.45, 2.75) is 33.3 Å². The molecule has 76 valence electrons. The summed E-state index contributed by atoms with van der Waals surface area (Å²) in [5, 5.41) is 2.56. The fourth-order valence-corrected chi connectivity index (χ4v) is 0.692. The molecule has 0 spiro atoms. The molecule has 0 saturated heterocycles. The van der Waals surface area contributed by atoms with Crippen LogP contribution < -0.4 is 11.1 Å². The number of hydrogen-bond donors (Lipinski definition) is 2. The summed E-state index contributed by atoms with van der Waals surface area (Å²) in [5.74, 6) is 0. The van der Waals surface area contributed by atoms with Crippen molar-refractivity contribution < 1.29 is 9.53 Å².